The second-order valence-corrected chi connectivity index (χ2v) is 10.7. The molecule has 0 radical (unpaired) electrons. The molecule has 0 bridgehead atoms. The Kier molecular flexibility index (Phi) is 8.32. The fourth-order valence-electron chi connectivity index (χ4n) is 5.15. The van der Waals surface area contributed by atoms with Crippen LogP contribution in [0.5, 0.6) is 11.5 Å². The van der Waals surface area contributed by atoms with Gasteiger partial charge in [0.25, 0.3) is 0 Å². The Morgan fingerprint density at radius 3 is 2.42 bits per heavy atom. The quantitative estimate of drug-likeness (QED) is 0.334. The van der Waals surface area contributed by atoms with Crippen molar-refractivity contribution in [3.05, 3.63) is 76.3 Å². The standard InChI is InChI=1S/C30H33Cl2N3O3/c1-33(23-12-13-25(31)26(32)18-23)20-29(36)34(2)27(19-35-14-3-4-15-35)22-10-8-21(9-11-22)24-6-5-7-28-30(24)38-17-16-37-28/h5-13,18,27H,3-4,14-17,19-20H2,1-2H3. The van der Waals surface area contributed by atoms with E-state index in [9.17, 15) is 4.79 Å². The van der Waals surface area contributed by atoms with Gasteiger partial charge < -0.3 is 24.2 Å². The molecule has 0 N–H and O–H groups in total. The van der Waals surface area contributed by atoms with Crippen molar-refractivity contribution in [3.8, 4) is 22.6 Å². The van der Waals surface area contributed by atoms with Crippen LogP contribution in [0.4, 0.5) is 5.69 Å². The molecule has 1 amide bonds. The molecule has 2 heterocycles. The zero-order chi connectivity index (χ0) is 26.6. The fourth-order valence-corrected chi connectivity index (χ4v) is 5.44. The van der Waals surface area contributed by atoms with Crippen molar-refractivity contribution >= 4 is 34.8 Å². The minimum atomic E-state index is -0.0684. The first-order valence-corrected chi connectivity index (χ1v) is 13.8. The van der Waals surface area contributed by atoms with E-state index < -0.39 is 0 Å². The minimum Gasteiger partial charge on any atom is -0.486 e. The highest BCUT2D eigenvalue weighted by molar-refractivity contribution is 6.42. The maximum Gasteiger partial charge on any atom is 0.242 e. The number of carbonyl (C=O) groups is 1. The van der Waals surface area contributed by atoms with Crippen LogP contribution in [-0.2, 0) is 4.79 Å². The third kappa shape index (κ3) is 5.88. The normalized spacial score (nSPS) is 15.8. The number of ether oxygens (including phenoxy) is 2. The van der Waals surface area contributed by atoms with Gasteiger partial charge in [-0.2, -0.15) is 0 Å². The second-order valence-electron chi connectivity index (χ2n) is 9.93. The molecule has 200 valence electrons. The number of anilines is 1. The SMILES string of the molecule is CN(CC(=O)N(C)C(CN1CCCC1)c1ccc(-c2cccc3c2OCCO3)cc1)c1ccc(Cl)c(Cl)c1. The number of rotatable bonds is 8. The molecular weight excluding hydrogens is 521 g/mol. The van der Waals surface area contributed by atoms with Gasteiger partial charge >= 0.3 is 0 Å². The molecule has 0 spiro atoms. The molecule has 38 heavy (non-hydrogen) atoms. The number of likely N-dealkylation sites (N-methyl/N-ethyl adjacent to an activating group) is 2. The molecule has 3 aromatic rings. The molecule has 0 saturated carbocycles. The fraction of sp³-hybridized carbons (Fsp3) is 0.367. The van der Waals surface area contributed by atoms with Crippen molar-refractivity contribution < 1.29 is 14.3 Å². The summed E-state index contributed by atoms with van der Waals surface area (Å²) in [5, 5.41) is 0.969. The molecule has 8 heteroatoms. The summed E-state index contributed by atoms with van der Waals surface area (Å²) in [5.74, 6) is 1.61. The van der Waals surface area contributed by atoms with E-state index in [0.717, 1.165) is 53.5 Å². The third-order valence-corrected chi connectivity index (χ3v) is 8.12. The van der Waals surface area contributed by atoms with Gasteiger partial charge in [0.2, 0.25) is 5.91 Å². The Bertz CT molecular complexity index is 1280. The van der Waals surface area contributed by atoms with Crippen LogP contribution in [0.25, 0.3) is 11.1 Å². The average Bonchev–Trinajstić information content (AvgIpc) is 3.46. The topological polar surface area (TPSA) is 45.3 Å². The molecule has 1 fully saturated rings. The molecule has 2 aliphatic heterocycles. The summed E-state index contributed by atoms with van der Waals surface area (Å²) in [6, 6.07) is 19.8. The van der Waals surface area contributed by atoms with Crippen molar-refractivity contribution in [2.45, 2.75) is 18.9 Å². The molecule has 3 aromatic carbocycles. The number of hydrogen-bond acceptors (Lipinski definition) is 5. The molecule has 1 saturated heterocycles. The first-order chi connectivity index (χ1) is 18.4. The highest BCUT2D eigenvalue weighted by Crippen LogP contribution is 2.40. The van der Waals surface area contributed by atoms with Crippen molar-refractivity contribution in [1.29, 1.82) is 0 Å². The Labute approximate surface area is 234 Å². The molecule has 1 atom stereocenters. The molecular formula is C30H33Cl2N3O3. The van der Waals surface area contributed by atoms with Crippen molar-refractivity contribution in [1.82, 2.24) is 9.80 Å². The number of carbonyl (C=O) groups excluding carboxylic acids is 1. The summed E-state index contributed by atoms with van der Waals surface area (Å²) in [4.78, 5) is 19.7. The van der Waals surface area contributed by atoms with E-state index in [-0.39, 0.29) is 18.5 Å². The molecule has 6 nitrogen and oxygen atoms in total. The number of benzene rings is 3. The number of hydrogen-bond donors (Lipinski definition) is 0. The van der Waals surface area contributed by atoms with Gasteiger partial charge in [-0.05, 0) is 61.3 Å². The number of likely N-dealkylation sites (tertiary alicyclic amines) is 1. The van der Waals surface area contributed by atoms with Gasteiger partial charge in [-0.25, -0.2) is 0 Å². The smallest absolute Gasteiger partial charge is 0.242 e. The summed E-state index contributed by atoms with van der Waals surface area (Å²) in [6.07, 6.45) is 2.40. The van der Waals surface area contributed by atoms with Gasteiger partial charge in [-0.3, -0.25) is 4.79 Å². The number of fused-ring (bicyclic) bond motifs is 1. The third-order valence-electron chi connectivity index (χ3n) is 7.38. The van der Waals surface area contributed by atoms with E-state index in [1.54, 1.807) is 12.1 Å². The number of nitrogens with zero attached hydrogens (tertiary/aromatic N) is 3. The van der Waals surface area contributed by atoms with Crippen LogP contribution in [0.15, 0.2) is 60.7 Å². The van der Waals surface area contributed by atoms with Gasteiger partial charge in [0, 0.05) is 31.9 Å². The Balaban J connectivity index is 1.36. The predicted molar refractivity (Wildman–Crippen MR) is 154 cm³/mol. The molecule has 2 aliphatic rings. The van der Waals surface area contributed by atoms with Gasteiger partial charge in [0.15, 0.2) is 11.5 Å². The zero-order valence-electron chi connectivity index (χ0n) is 21.8. The van der Waals surface area contributed by atoms with Gasteiger partial charge in [-0.1, -0.05) is 59.6 Å². The van der Waals surface area contributed by atoms with Crippen molar-refractivity contribution in [2.75, 3.05) is 58.4 Å². The highest BCUT2D eigenvalue weighted by Gasteiger charge is 2.27. The monoisotopic (exact) mass is 553 g/mol. The number of amides is 1. The molecule has 0 aromatic heterocycles. The Hall–Kier alpha value is -2.93. The van der Waals surface area contributed by atoms with Crippen molar-refractivity contribution in [2.24, 2.45) is 0 Å². The highest BCUT2D eigenvalue weighted by atomic mass is 35.5. The number of halogens is 2. The van der Waals surface area contributed by atoms with Crippen LogP contribution < -0.4 is 14.4 Å². The summed E-state index contributed by atoms with van der Waals surface area (Å²) in [6.45, 7) is 4.27. The van der Waals surface area contributed by atoms with Crippen LogP contribution in [0, 0.1) is 0 Å². The Morgan fingerprint density at radius 1 is 0.947 bits per heavy atom. The summed E-state index contributed by atoms with van der Waals surface area (Å²) in [7, 11) is 3.79. The summed E-state index contributed by atoms with van der Waals surface area (Å²) < 4.78 is 11.7. The molecule has 1 unspecified atom stereocenters. The van der Waals surface area contributed by atoms with Crippen LogP contribution in [0.3, 0.4) is 0 Å². The van der Waals surface area contributed by atoms with E-state index in [0.29, 0.717) is 23.3 Å². The second kappa shape index (κ2) is 11.9. The zero-order valence-corrected chi connectivity index (χ0v) is 23.3. The van der Waals surface area contributed by atoms with Crippen LogP contribution in [-0.4, -0.2) is 69.2 Å². The van der Waals surface area contributed by atoms with E-state index in [4.69, 9.17) is 32.7 Å². The minimum absolute atomic E-state index is 0.0366. The van der Waals surface area contributed by atoms with Gasteiger partial charge in [0.1, 0.15) is 13.2 Å². The lowest BCUT2D eigenvalue weighted by atomic mass is 9.98. The lowest BCUT2D eigenvalue weighted by Crippen LogP contribution is -2.42. The van der Waals surface area contributed by atoms with Gasteiger partial charge in [0.05, 0.1) is 22.6 Å². The molecule has 5 rings (SSSR count). The summed E-state index contributed by atoms with van der Waals surface area (Å²) in [5.41, 5.74) is 4.02. The van der Waals surface area contributed by atoms with E-state index in [2.05, 4.69) is 35.2 Å². The lowest BCUT2D eigenvalue weighted by Gasteiger charge is -2.33. The molecule has 0 aliphatic carbocycles. The van der Waals surface area contributed by atoms with Crippen molar-refractivity contribution in [3.63, 3.8) is 0 Å². The predicted octanol–water partition coefficient (Wildman–Crippen LogP) is 6.16. The van der Waals surface area contributed by atoms with E-state index >= 15 is 0 Å². The number of para-hydroxylation sites is 1. The lowest BCUT2D eigenvalue weighted by molar-refractivity contribution is -0.131. The first kappa shape index (κ1) is 26.7. The average molecular weight is 555 g/mol. The first-order valence-electron chi connectivity index (χ1n) is 13.0. The van der Waals surface area contributed by atoms with E-state index in [1.165, 1.54) is 12.8 Å². The van der Waals surface area contributed by atoms with Crippen LogP contribution in [0.1, 0.15) is 24.4 Å². The van der Waals surface area contributed by atoms with E-state index in [1.807, 2.05) is 42.1 Å². The van der Waals surface area contributed by atoms with Crippen LogP contribution in [0.2, 0.25) is 10.0 Å². The van der Waals surface area contributed by atoms with Gasteiger partial charge in [-0.15, -0.1) is 0 Å². The largest absolute Gasteiger partial charge is 0.486 e. The Morgan fingerprint density at radius 2 is 1.68 bits per heavy atom. The maximum absolute atomic E-state index is 13.5. The maximum atomic E-state index is 13.5. The van der Waals surface area contributed by atoms with Crippen LogP contribution >= 0.6 is 23.2 Å². The summed E-state index contributed by atoms with van der Waals surface area (Å²) >= 11 is 12.3.